The third-order valence-electron chi connectivity index (χ3n) is 13.0. The zero-order valence-corrected chi connectivity index (χ0v) is 32.0. The molecule has 3 aliphatic carbocycles. The standard InChI is InChI=1S/C40H63NO10/c1-9-25-11-10-12-33(51-35-16-15-32(41-5)22(3)47-35)21(2)36(43)31-19-29-27(30(31)20-34(42)49-25)14-13-24-17-26(18-28(24)29)50-40-39(46-8)38(45-7)37(44-6)23(4)48-40/h13-14,19,21-30,32-33,35,37-41H,9-12,15-18,20H2,1-8H3/t21-,22-,23-,24+,25+,26+,27+,28+,29+,30-,32-,33-,35-,37-,38+,39+,40-/m0/s1. The molecule has 0 spiro atoms. The van der Waals surface area contributed by atoms with Gasteiger partial charge in [-0.25, -0.2) is 0 Å². The molecule has 3 aliphatic heterocycles. The highest BCUT2D eigenvalue weighted by Crippen LogP contribution is 2.54. The summed E-state index contributed by atoms with van der Waals surface area (Å²) in [6.07, 6.45) is 10.8. The van der Waals surface area contributed by atoms with Gasteiger partial charge in [-0.15, -0.1) is 0 Å². The van der Waals surface area contributed by atoms with E-state index in [0.29, 0.717) is 12.3 Å². The normalized spacial score (nSPS) is 46.3. The summed E-state index contributed by atoms with van der Waals surface area (Å²) in [4.78, 5) is 28.1. The molecule has 0 unspecified atom stereocenters. The maximum Gasteiger partial charge on any atom is 0.306 e. The quantitative estimate of drug-likeness (QED) is 0.252. The zero-order valence-electron chi connectivity index (χ0n) is 32.0. The van der Waals surface area contributed by atoms with Crippen LogP contribution in [0.3, 0.4) is 0 Å². The van der Waals surface area contributed by atoms with E-state index >= 15 is 0 Å². The Morgan fingerprint density at radius 1 is 0.843 bits per heavy atom. The van der Waals surface area contributed by atoms with Crippen molar-refractivity contribution in [3.63, 3.8) is 0 Å². The molecule has 6 rings (SSSR count). The molecular formula is C40H63NO10. The second-order valence-corrected chi connectivity index (χ2v) is 15.9. The van der Waals surface area contributed by atoms with Crippen LogP contribution in [0.5, 0.6) is 0 Å². The lowest BCUT2D eigenvalue weighted by Gasteiger charge is -2.44. The molecule has 3 saturated heterocycles. The van der Waals surface area contributed by atoms with Gasteiger partial charge in [0.25, 0.3) is 0 Å². The Morgan fingerprint density at radius 3 is 2.29 bits per heavy atom. The summed E-state index contributed by atoms with van der Waals surface area (Å²) >= 11 is 0. The molecule has 4 fully saturated rings. The number of hydrogen-bond acceptors (Lipinski definition) is 11. The molecule has 0 aromatic carbocycles. The molecule has 0 aromatic rings. The minimum Gasteiger partial charge on any atom is -0.462 e. The van der Waals surface area contributed by atoms with Crippen molar-refractivity contribution in [2.24, 2.45) is 35.5 Å². The second kappa shape index (κ2) is 17.2. The highest BCUT2D eigenvalue weighted by molar-refractivity contribution is 5.99. The Labute approximate surface area is 304 Å². The van der Waals surface area contributed by atoms with E-state index in [4.69, 9.17) is 37.9 Å². The lowest BCUT2D eigenvalue weighted by atomic mass is 9.70. The molecule has 1 saturated carbocycles. The van der Waals surface area contributed by atoms with E-state index in [1.165, 1.54) is 0 Å². The smallest absolute Gasteiger partial charge is 0.306 e. The number of esters is 1. The van der Waals surface area contributed by atoms with Crippen LogP contribution in [0.1, 0.15) is 85.5 Å². The van der Waals surface area contributed by atoms with Crippen LogP contribution in [0.2, 0.25) is 0 Å². The predicted octanol–water partition coefficient (Wildman–Crippen LogP) is 5.15. The molecule has 6 aliphatic rings. The van der Waals surface area contributed by atoms with E-state index < -0.39 is 12.4 Å². The highest BCUT2D eigenvalue weighted by Gasteiger charge is 2.52. The SMILES string of the molecule is CC[C@@H]1CCC[C@H](O[C@H]2CC[C@H](NC)[C@H](C)O2)[C@H](C)C(=O)C2=C[C@@H]3[C@@H](C=C[C@@H]4C[C@@H](O[C@@H]5O[C@@H](C)[C@H](OC)[C@@H](OC)[C@H]5OC)C[C@@H]34)[C@@H]2CC(=O)O1. The molecule has 0 amide bonds. The van der Waals surface area contributed by atoms with E-state index in [2.05, 4.69) is 37.4 Å². The minimum absolute atomic E-state index is 0.0241. The van der Waals surface area contributed by atoms with Gasteiger partial charge in [-0.05, 0) is 102 Å². The second-order valence-electron chi connectivity index (χ2n) is 15.9. The first-order valence-corrected chi connectivity index (χ1v) is 19.6. The molecule has 11 heteroatoms. The average molecular weight is 718 g/mol. The fourth-order valence-electron chi connectivity index (χ4n) is 10.1. The zero-order chi connectivity index (χ0) is 36.4. The van der Waals surface area contributed by atoms with Crippen molar-refractivity contribution in [3.05, 3.63) is 23.8 Å². The van der Waals surface area contributed by atoms with E-state index in [1.54, 1.807) is 21.3 Å². The van der Waals surface area contributed by atoms with Crippen LogP contribution in [0.25, 0.3) is 0 Å². The molecule has 51 heavy (non-hydrogen) atoms. The van der Waals surface area contributed by atoms with Gasteiger partial charge in [0.05, 0.1) is 30.8 Å². The maximum absolute atomic E-state index is 14.6. The Hall–Kier alpha value is -1.70. The van der Waals surface area contributed by atoms with Crippen LogP contribution in [0, 0.1) is 35.5 Å². The lowest BCUT2D eigenvalue weighted by Crippen LogP contribution is -2.59. The maximum atomic E-state index is 14.6. The van der Waals surface area contributed by atoms with Crippen molar-refractivity contribution in [2.45, 2.75) is 153 Å². The van der Waals surface area contributed by atoms with Crippen molar-refractivity contribution in [3.8, 4) is 0 Å². The molecule has 288 valence electrons. The summed E-state index contributed by atoms with van der Waals surface area (Å²) in [7, 11) is 6.93. The third kappa shape index (κ3) is 8.21. The third-order valence-corrected chi connectivity index (χ3v) is 13.0. The van der Waals surface area contributed by atoms with Crippen LogP contribution in [-0.4, -0.2) is 108 Å². The van der Waals surface area contributed by atoms with Gasteiger partial charge >= 0.3 is 5.97 Å². The van der Waals surface area contributed by atoms with Crippen molar-refractivity contribution in [2.75, 3.05) is 28.4 Å². The number of nitrogens with one attached hydrogen (secondary N) is 1. The Morgan fingerprint density at radius 2 is 1.61 bits per heavy atom. The molecule has 0 radical (unpaired) electrons. The van der Waals surface area contributed by atoms with Crippen LogP contribution in [0.4, 0.5) is 0 Å². The largest absolute Gasteiger partial charge is 0.462 e. The van der Waals surface area contributed by atoms with Crippen molar-refractivity contribution < 1.29 is 47.5 Å². The van der Waals surface area contributed by atoms with Crippen LogP contribution >= 0.6 is 0 Å². The number of carbonyl (C=O) groups is 2. The summed E-state index contributed by atoms with van der Waals surface area (Å²) in [6, 6.07) is 0.288. The fraction of sp³-hybridized carbons (Fsp3) is 0.850. The van der Waals surface area contributed by atoms with Crippen LogP contribution < -0.4 is 5.32 Å². The average Bonchev–Trinajstić information content (AvgIpc) is 3.70. The monoisotopic (exact) mass is 717 g/mol. The molecule has 3 heterocycles. The number of fused-ring (bicyclic) bond motifs is 5. The summed E-state index contributed by atoms with van der Waals surface area (Å²) in [5.74, 6) is 0.0185. The number of ketones is 1. The molecule has 17 atom stereocenters. The number of carbonyl (C=O) groups excluding carboxylic acids is 2. The first-order chi connectivity index (χ1) is 24.6. The van der Waals surface area contributed by atoms with Crippen LogP contribution in [-0.2, 0) is 47.5 Å². The van der Waals surface area contributed by atoms with Gasteiger partial charge < -0.3 is 43.2 Å². The molecule has 0 aromatic heterocycles. The number of allylic oxidation sites excluding steroid dienone is 4. The number of ether oxygens (including phenoxy) is 8. The van der Waals surface area contributed by atoms with Crippen molar-refractivity contribution in [1.82, 2.24) is 5.32 Å². The number of likely N-dealkylation sites (N-methyl/N-ethyl adjacent to an activating group) is 1. The summed E-state index contributed by atoms with van der Waals surface area (Å²) < 4.78 is 49.4. The predicted molar refractivity (Wildman–Crippen MR) is 190 cm³/mol. The van der Waals surface area contributed by atoms with Crippen molar-refractivity contribution >= 4 is 11.8 Å². The Balaban J connectivity index is 1.21. The van der Waals surface area contributed by atoms with E-state index in [1.807, 2.05) is 20.9 Å². The lowest BCUT2D eigenvalue weighted by molar-refractivity contribution is -0.314. The summed E-state index contributed by atoms with van der Waals surface area (Å²) in [6.45, 7) is 8.12. The molecule has 0 bridgehead atoms. The number of rotatable bonds is 9. The first kappa shape index (κ1) is 39.0. The molecule has 11 nitrogen and oxygen atoms in total. The topological polar surface area (TPSA) is 120 Å². The Bertz CT molecular complexity index is 1260. The van der Waals surface area contributed by atoms with Gasteiger partial charge in [0, 0.05) is 39.2 Å². The van der Waals surface area contributed by atoms with Gasteiger partial charge in [0.15, 0.2) is 18.4 Å². The fourth-order valence-corrected chi connectivity index (χ4v) is 10.1. The molecule has 1 N–H and O–H groups in total. The van der Waals surface area contributed by atoms with Crippen LogP contribution in [0.15, 0.2) is 23.8 Å². The number of hydrogen-bond donors (Lipinski definition) is 1. The summed E-state index contributed by atoms with van der Waals surface area (Å²) in [5.41, 5.74) is 0.761. The molecular weight excluding hydrogens is 654 g/mol. The van der Waals surface area contributed by atoms with E-state index in [0.717, 1.165) is 50.5 Å². The van der Waals surface area contributed by atoms with Gasteiger partial charge in [0.2, 0.25) is 0 Å². The van der Waals surface area contributed by atoms with E-state index in [9.17, 15) is 9.59 Å². The van der Waals surface area contributed by atoms with Gasteiger partial charge in [-0.1, -0.05) is 32.1 Å². The van der Waals surface area contributed by atoms with Gasteiger partial charge in [-0.3, -0.25) is 9.59 Å². The number of cyclic esters (lactones) is 1. The first-order valence-electron chi connectivity index (χ1n) is 19.6. The number of methoxy groups -OCH3 is 3. The van der Waals surface area contributed by atoms with E-state index in [-0.39, 0.29) is 103 Å². The van der Waals surface area contributed by atoms with Gasteiger partial charge in [-0.2, -0.15) is 0 Å². The number of Topliss-reactive ketones (excluding diaryl/α,β-unsaturated/α-hetero) is 1. The summed E-state index contributed by atoms with van der Waals surface area (Å²) in [5, 5.41) is 3.34. The minimum atomic E-state index is -0.593. The Kier molecular flexibility index (Phi) is 13.1. The van der Waals surface area contributed by atoms with Gasteiger partial charge in [0.1, 0.15) is 24.4 Å². The van der Waals surface area contributed by atoms with Crippen molar-refractivity contribution in [1.29, 1.82) is 0 Å². The highest BCUT2D eigenvalue weighted by atomic mass is 16.7.